The molecule has 0 atom stereocenters. The maximum Gasteiger partial charge on any atom is 0.163 e. The molecule has 4 aliphatic carbocycles. The summed E-state index contributed by atoms with van der Waals surface area (Å²) in [7, 11) is 0. The normalized spacial score (nSPS) is 22.9. The highest BCUT2D eigenvalue weighted by molar-refractivity contribution is 6.28. The van der Waals surface area contributed by atoms with E-state index in [1.807, 2.05) is 0 Å². The van der Waals surface area contributed by atoms with E-state index in [2.05, 4.69) is 132 Å². The first-order valence-electron chi connectivity index (χ1n) is 18.0. The van der Waals surface area contributed by atoms with Crippen molar-refractivity contribution in [1.29, 1.82) is 0 Å². The minimum Gasteiger partial charge on any atom is -0.309 e. The van der Waals surface area contributed by atoms with Gasteiger partial charge in [-0.2, -0.15) is 0 Å². The van der Waals surface area contributed by atoms with Gasteiger partial charge in [0.25, 0.3) is 0 Å². The van der Waals surface area contributed by atoms with E-state index in [-0.39, 0.29) is 5.41 Å². The van der Waals surface area contributed by atoms with Gasteiger partial charge in [0.1, 0.15) is 5.82 Å². The largest absolute Gasteiger partial charge is 0.309 e. The molecule has 2 heterocycles. The Hall–Kier alpha value is -5.35. The summed E-state index contributed by atoms with van der Waals surface area (Å²) in [6.45, 7) is 0. The minimum atomic E-state index is 0.0877. The number of benzene rings is 6. The van der Waals surface area contributed by atoms with E-state index in [9.17, 15) is 0 Å². The van der Waals surface area contributed by atoms with Gasteiger partial charge in [-0.1, -0.05) is 91.0 Å². The Labute approximate surface area is 285 Å². The third kappa shape index (κ3) is 4.19. The zero-order chi connectivity index (χ0) is 32.1. The number of hydrogen-bond acceptors (Lipinski definition) is 3. The van der Waals surface area contributed by atoms with Crippen molar-refractivity contribution < 1.29 is 0 Å². The zero-order valence-electron chi connectivity index (χ0n) is 27.4. The third-order valence-corrected chi connectivity index (χ3v) is 12.1. The van der Waals surface area contributed by atoms with Crippen LogP contribution in [0.3, 0.4) is 0 Å². The maximum absolute atomic E-state index is 5.35. The molecule has 49 heavy (non-hydrogen) atoms. The molecule has 8 aromatic rings. The standard InChI is InChI=1S/C45H36N4/c1-2-10-33(11-3-1)42-46-43(48-44(47-42)45-25-28-22-29(26-45)24-30(23-28)27-45)34-14-18-35(19-15-34)49-38-20-16-31-8-4-6-12-36(31)40(38)41-37-13-7-5-9-32(37)17-21-39(41)49/h1-21,28-30H,22-27H2. The van der Waals surface area contributed by atoms with Crippen LogP contribution in [0.5, 0.6) is 0 Å². The van der Waals surface area contributed by atoms with Crippen LogP contribution in [0.1, 0.15) is 44.3 Å². The lowest BCUT2D eigenvalue weighted by Gasteiger charge is -2.56. The summed E-state index contributed by atoms with van der Waals surface area (Å²) in [6.07, 6.45) is 7.89. The van der Waals surface area contributed by atoms with Crippen molar-refractivity contribution in [1.82, 2.24) is 19.5 Å². The van der Waals surface area contributed by atoms with Gasteiger partial charge in [0.15, 0.2) is 11.6 Å². The van der Waals surface area contributed by atoms with Gasteiger partial charge in [-0.05, 0) is 114 Å². The van der Waals surface area contributed by atoms with E-state index in [1.165, 1.54) is 81.9 Å². The molecule has 4 heteroatoms. The number of hydrogen-bond donors (Lipinski definition) is 0. The van der Waals surface area contributed by atoms with Crippen molar-refractivity contribution in [2.45, 2.75) is 43.9 Å². The summed E-state index contributed by atoms with van der Waals surface area (Å²) in [4.78, 5) is 15.8. The molecule has 0 radical (unpaired) electrons. The van der Waals surface area contributed by atoms with Crippen LogP contribution in [0.15, 0.2) is 127 Å². The fourth-order valence-electron chi connectivity index (χ4n) is 10.4. The van der Waals surface area contributed by atoms with Crippen LogP contribution in [0, 0.1) is 17.8 Å². The van der Waals surface area contributed by atoms with Crippen molar-refractivity contribution in [2.75, 3.05) is 0 Å². The van der Waals surface area contributed by atoms with Gasteiger partial charge >= 0.3 is 0 Å². The Morgan fingerprint density at radius 2 is 0.959 bits per heavy atom. The smallest absolute Gasteiger partial charge is 0.163 e. The topological polar surface area (TPSA) is 43.6 Å². The summed E-state index contributed by atoms with van der Waals surface area (Å²) in [6, 6.07) is 46.0. The summed E-state index contributed by atoms with van der Waals surface area (Å²) in [5, 5.41) is 7.70. The number of nitrogens with zero attached hydrogens (tertiary/aromatic N) is 4. The van der Waals surface area contributed by atoms with E-state index in [4.69, 9.17) is 15.0 Å². The molecule has 0 N–H and O–H groups in total. The molecule has 4 bridgehead atoms. The molecule has 0 spiro atoms. The summed E-state index contributed by atoms with van der Waals surface area (Å²) in [5.74, 6) is 5.08. The van der Waals surface area contributed by atoms with Crippen LogP contribution in [-0.4, -0.2) is 19.5 Å². The molecular formula is C45H36N4. The summed E-state index contributed by atoms with van der Waals surface area (Å²) < 4.78 is 2.43. The highest BCUT2D eigenvalue weighted by Crippen LogP contribution is 2.60. The first kappa shape index (κ1) is 27.6. The molecule has 0 unspecified atom stereocenters. The molecular weight excluding hydrogens is 597 g/mol. The fraction of sp³-hybridized carbons (Fsp3) is 0.222. The van der Waals surface area contributed by atoms with Gasteiger partial charge < -0.3 is 4.57 Å². The van der Waals surface area contributed by atoms with Crippen LogP contribution >= 0.6 is 0 Å². The predicted molar refractivity (Wildman–Crippen MR) is 200 cm³/mol. The number of fused-ring (bicyclic) bond motifs is 7. The second-order valence-electron chi connectivity index (χ2n) is 15.1. The summed E-state index contributed by atoms with van der Waals surface area (Å²) >= 11 is 0. The molecule has 4 nitrogen and oxygen atoms in total. The molecule has 0 amide bonds. The van der Waals surface area contributed by atoms with Gasteiger partial charge in [-0.3, -0.25) is 0 Å². The Morgan fingerprint density at radius 1 is 0.469 bits per heavy atom. The summed E-state index contributed by atoms with van der Waals surface area (Å²) in [5.41, 5.74) is 5.74. The number of aromatic nitrogens is 4. The van der Waals surface area contributed by atoms with Crippen LogP contribution in [0.4, 0.5) is 0 Å². The lowest BCUT2D eigenvalue weighted by atomic mass is 9.49. The van der Waals surface area contributed by atoms with Gasteiger partial charge in [0, 0.05) is 33.0 Å². The molecule has 236 valence electrons. The molecule has 6 aromatic carbocycles. The van der Waals surface area contributed by atoms with Crippen LogP contribution in [0.2, 0.25) is 0 Å². The van der Waals surface area contributed by atoms with E-state index >= 15 is 0 Å². The van der Waals surface area contributed by atoms with E-state index in [1.54, 1.807) is 0 Å². The highest BCUT2D eigenvalue weighted by atomic mass is 15.1. The van der Waals surface area contributed by atoms with E-state index < -0.39 is 0 Å². The van der Waals surface area contributed by atoms with Crippen molar-refractivity contribution >= 4 is 43.4 Å². The predicted octanol–water partition coefficient (Wildman–Crippen LogP) is 11.1. The SMILES string of the molecule is c1ccc(-c2nc(-c3ccc(-n4c5ccc6ccccc6c5c5c6ccccc6ccc54)cc3)nc(C34CC5CC(CC(C5)C3)C4)n2)cc1. The average Bonchev–Trinajstić information content (AvgIpc) is 3.50. The van der Waals surface area contributed by atoms with Crippen LogP contribution in [-0.2, 0) is 5.41 Å². The molecule has 0 aliphatic heterocycles. The highest BCUT2D eigenvalue weighted by Gasteiger charge is 2.53. The minimum absolute atomic E-state index is 0.0877. The van der Waals surface area contributed by atoms with Gasteiger partial charge in [0.2, 0.25) is 0 Å². The lowest BCUT2D eigenvalue weighted by molar-refractivity contribution is -0.00938. The second kappa shape index (κ2) is 10.3. The molecule has 0 saturated heterocycles. The lowest BCUT2D eigenvalue weighted by Crippen LogP contribution is -2.49. The third-order valence-electron chi connectivity index (χ3n) is 12.1. The Bertz CT molecular complexity index is 2450. The molecule has 4 saturated carbocycles. The fourth-order valence-corrected chi connectivity index (χ4v) is 10.4. The quantitative estimate of drug-likeness (QED) is 0.194. The maximum atomic E-state index is 5.35. The molecule has 4 fully saturated rings. The zero-order valence-corrected chi connectivity index (χ0v) is 27.4. The van der Waals surface area contributed by atoms with Crippen molar-refractivity contribution in [3.05, 3.63) is 133 Å². The van der Waals surface area contributed by atoms with Gasteiger partial charge in [0.05, 0.1) is 11.0 Å². The van der Waals surface area contributed by atoms with Gasteiger partial charge in [-0.15, -0.1) is 0 Å². The van der Waals surface area contributed by atoms with E-state index in [0.717, 1.165) is 52.0 Å². The first-order valence-corrected chi connectivity index (χ1v) is 18.0. The van der Waals surface area contributed by atoms with Crippen molar-refractivity contribution in [3.63, 3.8) is 0 Å². The molecule has 12 rings (SSSR count). The van der Waals surface area contributed by atoms with Crippen molar-refractivity contribution in [3.8, 4) is 28.5 Å². The van der Waals surface area contributed by atoms with Crippen LogP contribution in [0.25, 0.3) is 71.8 Å². The van der Waals surface area contributed by atoms with Crippen molar-refractivity contribution in [2.24, 2.45) is 17.8 Å². The second-order valence-corrected chi connectivity index (χ2v) is 15.1. The molecule has 2 aromatic heterocycles. The van der Waals surface area contributed by atoms with Gasteiger partial charge in [-0.25, -0.2) is 15.0 Å². The Morgan fingerprint density at radius 3 is 1.51 bits per heavy atom. The monoisotopic (exact) mass is 632 g/mol. The van der Waals surface area contributed by atoms with Crippen LogP contribution < -0.4 is 0 Å². The Balaban J connectivity index is 1.08. The average molecular weight is 633 g/mol. The molecule has 4 aliphatic rings. The number of rotatable bonds is 4. The van der Waals surface area contributed by atoms with E-state index in [0.29, 0.717) is 0 Å². The first-order chi connectivity index (χ1) is 24.2. The Kier molecular flexibility index (Phi) is 5.81.